The highest BCUT2D eigenvalue weighted by atomic mass is 31.2. The number of hydrogen-bond acceptors (Lipinski definition) is 3. The van der Waals surface area contributed by atoms with E-state index in [4.69, 9.17) is 10.8 Å². The molecule has 0 unspecified atom stereocenters. The number of carboxylic acids is 1. The molecule has 0 fully saturated rings. The molecule has 3 rings (SSSR count). The highest BCUT2D eigenvalue weighted by Gasteiger charge is 2.31. The third-order valence-corrected chi connectivity index (χ3v) is 6.99. The van der Waals surface area contributed by atoms with Gasteiger partial charge in [-0.05, 0) is 18.2 Å². The Bertz CT molecular complexity index is 880. The van der Waals surface area contributed by atoms with Gasteiger partial charge in [0.1, 0.15) is 0 Å². The first-order chi connectivity index (χ1) is 11.5. The lowest BCUT2D eigenvalue weighted by Crippen LogP contribution is -2.27. The Kier molecular flexibility index (Phi) is 4.24. The summed E-state index contributed by atoms with van der Waals surface area (Å²) in [6, 6.07) is 22.6. The molecule has 0 aromatic heterocycles. The molecular weight excluding hydrogens is 321 g/mol. The largest absolute Gasteiger partial charge is 0.478 e. The number of nitrogen functional groups attached to an aromatic ring is 1. The summed E-state index contributed by atoms with van der Waals surface area (Å²) in [4.78, 5) is 11.1. The molecule has 0 bridgehead atoms. The van der Waals surface area contributed by atoms with Gasteiger partial charge in [0.15, 0.2) is 7.14 Å². The average molecular weight is 337 g/mol. The van der Waals surface area contributed by atoms with Crippen molar-refractivity contribution in [2.24, 2.45) is 0 Å². The van der Waals surface area contributed by atoms with Crippen LogP contribution in [0.5, 0.6) is 0 Å². The van der Waals surface area contributed by atoms with E-state index in [2.05, 4.69) is 0 Å². The van der Waals surface area contributed by atoms with Crippen LogP contribution in [0.1, 0.15) is 10.4 Å². The Morgan fingerprint density at radius 2 is 1.33 bits per heavy atom. The molecule has 0 aliphatic carbocycles. The Morgan fingerprint density at radius 1 is 0.833 bits per heavy atom. The zero-order chi connectivity index (χ0) is 17.2. The summed E-state index contributed by atoms with van der Waals surface area (Å²) in [5.74, 6) is -1.07. The third kappa shape index (κ3) is 2.72. The molecule has 3 N–H and O–H groups in total. The summed E-state index contributed by atoms with van der Waals surface area (Å²) in [7, 11) is -3.18. The predicted octanol–water partition coefficient (Wildman–Crippen LogP) is 2.61. The molecule has 0 amide bonds. The topological polar surface area (TPSA) is 80.4 Å². The van der Waals surface area contributed by atoms with Gasteiger partial charge in [-0.15, -0.1) is 0 Å². The van der Waals surface area contributed by atoms with Crippen molar-refractivity contribution in [1.82, 2.24) is 0 Å². The molecule has 0 spiro atoms. The monoisotopic (exact) mass is 337 g/mol. The summed E-state index contributed by atoms with van der Waals surface area (Å²) in [6.07, 6.45) is 0. The Hall–Kier alpha value is -2.84. The van der Waals surface area contributed by atoms with Gasteiger partial charge in [-0.2, -0.15) is 0 Å². The first-order valence-electron chi connectivity index (χ1n) is 7.38. The van der Waals surface area contributed by atoms with E-state index in [1.807, 2.05) is 36.4 Å². The van der Waals surface area contributed by atoms with Crippen molar-refractivity contribution in [2.75, 3.05) is 5.73 Å². The minimum atomic E-state index is -3.18. The minimum absolute atomic E-state index is 0.0731. The van der Waals surface area contributed by atoms with Crippen LogP contribution in [0, 0.1) is 0 Å². The van der Waals surface area contributed by atoms with Crippen LogP contribution in [-0.2, 0) is 4.57 Å². The van der Waals surface area contributed by atoms with Crippen molar-refractivity contribution in [1.29, 1.82) is 0 Å². The van der Waals surface area contributed by atoms with Crippen molar-refractivity contribution >= 4 is 34.7 Å². The summed E-state index contributed by atoms with van der Waals surface area (Å²) < 4.78 is 14.1. The lowest BCUT2D eigenvalue weighted by Gasteiger charge is -2.21. The molecule has 0 saturated heterocycles. The van der Waals surface area contributed by atoms with E-state index in [9.17, 15) is 9.36 Å². The lowest BCUT2D eigenvalue weighted by molar-refractivity contribution is 0.0697. The maximum absolute atomic E-state index is 14.1. The molecule has 0 saturated carbocycles. The Morgan fingerprint density at radius 3 is 1.75 bits per heavy atom. The zero-order valence-corrected chi connectivity index (χ0v) is 13.7. The number of aromatic carboxylic acids is 1. The molecule has 0 radical (unpaired) electrons. The molecule has 24 heavy (non-hydrogen) atoms. The highest BCUT2D eigenvalue weighted by Crippen LogP contribution is 2.44. The maximum atomic E-state index is 14.1. The minimum Gasteiger partial charge on any atom is -0.478 e. The quantitative estimate of drug-likeness (QED) is 0.566. The fourth-order valence-corrected chi connectivity index (χ4v) is 5.43. The van der Waals surface area contributed by atoms with E-state index in [0.717, 1.165) is 0 Å². The first-order valence-corrected chi connectivity index (χ1v) is 9.09. The molecule has 0 aliphatic rings. The molecule has 0 atom stereocenters. The predicted molar refractivity (Wildman–Crippen MR) is 97.2 cm³/mol. The van der Waals surface area contributed by atoms with Gasteiger partial charge in [-0.25, -0.2) is 4.79 Å². The van der Waals surface area contributed by atoms with Crippen molar-refractivity contribution in [3.8, 4) is 0 Å². The van der Waals surface area contributed by atoms with Gasteiger partial charge in [-0.3, -0.25) is 0 Å². The summed E-state index contributed by atoms with van der Waals surface area (Å²) in [5, 5.41) is 10.9. The fourth-order valence-electron chi connectivity index (χ4n) is 2.68. The van der Waals surface area contributed by atoms with E-state index in [1.54, 1.807) is 30.3 Å². The summed E-state index contributed by atoms with van der Waals surface area (Å²) in [6.45, 7) is 0. The number of nitrogens with two attached hydrogens (primary N) is 1. The third-order valence-electron chi connectivity index (χ3n) is 3.85. The molecule has 3 aromatic carbocycles. The number of anilines is 1. The van der Waals surface area contributed by atoms with Gasteiger partial charge < -0.3 is 15.4 Å². The smallest absolute Gasteiger partial charge is 0.335 e. The fraction of sp³-hybridized carbons (Fsp3) is 0. The van der Waals surface area contributed by atoms with Crippen molar-refractivity contribution in [3.05, 3.63) is 84.4 Å². The summed E-state index contributed by atoms with van der Waals surface area (Å²) >= 11 is 0. The molecule has 0 heterocycles. The number of carbonyl (C=O) groups is 1. The van der Waals surface area contributed by atoms with E-state index in [0.29, 0.717) is 15.9 Å². The second-order valence-corrected chi connectivity index (χ2v) is 8.09. The zero-order valence-electron chi connectivity index (χ0n) is 12.8. The number of carboxylic acid groups (broad SMARTS) is 1. The summed E-state index contributed by atoms with van der Waals surface area (Å²) in [5.41, 5.74) is 6.37. The Labute approximate surface area is 139 Å². The van der Waals surface area contributed by atoms with Crippen LogP contribution < -0.4 is 21.6 Å². The second-order valence-electron chi connectivity index (χ2n) is 5.36. The molecular formula is C19H16NO3P. The molecule has 3 aromatic rings. The van der Waals surface area contributed by atoms with Gasteiger partial charge in [0, 0.05) is 21.6 Å². The van der Waals surface area contributed by atoms with Gasteiger partial charge in [0.05, 0.1) is 5.56 Å². The van der Waals surface area contributed by atoms with E-state index >= 15 is 0 Å². The second kappa shape index (κ2) is 6.34. The van der Waals surface area contributed by atoms with Crippen LogP contribution in [0.3, 0.4) is 0 Å². The van der Waals surface area contributed by atoms with E-state index < -0.39 is 13.1 Å². The van der Waals surface area contributed by atoms with E-state index in [-0.39, 0.29) is 11.3 Å². The van der Waals surface area contributed by atoms with Gasteiger partial charge >= 0.3 is 5.97 Å². The van der Waals surface area contributed by atoms with Gasteiger partial charge in [-0.1, -0.05) is 60.7 Å². The van der Waals surface area contributed by atoms with Crippen LogP contribution in [0.15, 0.2) is 78.9 Å². The van der Waals surface area contributed by atoms with Crippen LogP contribution in [0.4, 0.5) is 5.69 Å². The Balaban J connectivity index is 2.28. The van der Waals surface area contributed by atoms with Gasteiger partial charge in [0.2, 0.25) is 0 Å². The maximum Gasteiger partial charge on any atom is 0.335 e. The molecule has 5 heteroatoms. The van der Waals surface area contributed by atoms with Crippen molar-refractivity contribution in [3.63, 3.8) is 0 Å². The lowest BCUT2D eigenvalue weighted by atomic mass is 10.2. The SMILES string of the molecule is Nc1cc(C(=O)O)ccc1P(=O)(c1ccccc1)c1ccccc1. The highest BCUT2D eigenvalue weighted by molar-refractivity contribution is 7.85. The standard InChI is InChI=1S/C19H16NO3P/c20-17-13-14(19(21)22)11-12-18(17)24(23,15-7-3-1-4-8-15)16-9-5-2-6-10-16/h1-13H,20H2,(H,21,22). The normalized spacial score (nSPS) is 11.2. The van der Waals surface area contributed by atoms with Crippen LogP contribution in [0.25, 0.3) is 0 Å². The first kappa shape index (κ1) is 16.0. The van der Waals surface area contributed by atoms with Crippen LogP contribution in [0.2, 0.25) is 0 Å². The number of rotatable bonds is 4. The molecule has 0 aliphatic heterocycles. The van der Waals surface area contributed by atoms with Crippen LogP contribution in [-0.4, -0.2) is 11.1 Å². The van der Waals surface area contributed by atoms with E-state index in [1.165, 1.54) is 12.1 Å². The molecule has 4 nitrogen and oxygen atoms in total. The molecule has 120 valence electrons. The average Bonchev–Trinajstić information content (AvgIpc) is 2.62. The van der Waals surface area contributed by atoms with Gasteiger partial charge in [0.25, 0.3) is 0 Å². The number of benzene rings is 3. The van der Waals surface area contributed by atoms with Crippen molar-refractivity contribution < 1.29 is 14.5 Å². The van der Waals surface area contributed by atoms with Crippen LogP contribution >= 0.6 is 7.14 Å². The number of hydrogen-bond donors (Lipinski definition) is 2. The van der Waals surface area contributed by atoms with Crippen molar-refractivity contribution in [2.45, 2.75) is 0 Å².